The Kier molecular flexibility index (Phi) is 5.51. The van der Waals surface area contributed by atoms with Gasteiger partial charge >= 0.3 is 0 Å². The molecule has 158 valence electrons. The van der Waals surface area contributed by atoms with Crippen molar-refractivity contribution in [3.05, 3.63) is 73.5 Å². The fraction of sp³-hybridized carbons (Fsp3) is 0.227. The summed E-state index contributed by atoms with van der Waals surface area (Å²) in [6.45, 7) is 5.86. The molecule has 9 heteroatoms. The zero-order chi connectivity index (χ0) is 22.1. The van der Waals surface area contributed by atoms with Crippen molar-refractivity contribution in [2.45, 2.75) is 33.7 Å². The minimum atomic E-state index is -0.232. The van der Waals surface area contributed by atoms with Gasteiger partial charge in [-0.3, -0.25) is 19.0 Å². The van der Waals surface area contributed by atoms with E-state index >= 15 is 0 Å². The Labute approximate surface area is 181 Å². The summed E-state index contributed by atoms with van der Waals surface area (Å²) in [4.78, 5) is 50.1. The Morgan fingerprint density at radius 3 is 2.77 bits per heavy atom. The van der Waals surface area contributed by atoms with Crippen molar-refractivity contribution in [2.24, 2.45) is 0 Å². The second-order valence-corrected chi connectivity index (χ2v) is 8.52. The Balaban J connectivity index is 1.48. The number of amides is 1. The van der Waals surface area contributed by atoms with Crippen LogP contribution in [0.1, 0.15) is 22.6 Å². The van der Waals surface area contributed by atoms with Gasteiger partial charge < -0.3 is 10.3 Å². The molecule has 8 nitrogen and oxygen atoms in total. The molecule has 0 radical (unpaired) electrons. The average Bonchev–Trinajstić information content (AvgIpc) is 3.01. The highest BCUT2D eigenvalue weighted by Crippen LogP contribution is 2.25. The van der Waals surface area contributed by atoms with Crippen LogP contribution in [0, 0.1) is 20.8 Å². The molecule has 1 aromatic carbocycles. The number of aromatic nitrogens is 4. The summed E-state index contributed by atoms with van der Waals surface area (Å²) in [6, 6.07) is 8.50. The van der Waals surface area contributed by atoms with E-state index in [-0.39, 0.29) is 30.0 Å². The van der Waals surface area contributed by atoms with Crippen molar-refractivity contribution in [1.29, 1.82) is 0 Å². The first-order valence-electron chi connectivity index (χ1n) is 9.75. The van der Waals surface area contributed by atoms with Gasteiger partial charge in [0.1, 0.15) is 10.7 Å². The van der Waals surface area contributed by atoms with E-state index in [2.05, 4.69) is 20.3 Å². The fourth-order valence-corrected chi connectivity index (χ4v) is 4.32. The van der Waals surface area contributed by atoms with E-state index in [1.54, 1.807) is 31.2 Å². The number of aromatic amines is 1. The highest BCUT2D eigenvalue weighted by Gasteiger charge is 2.13. The summed E-state index contributed by atoms with van der Waals surface area (Å²) in [6.07, 6.45) is 1.62. The van der Waals surface area contributed by atoms with Crippen molar-refractivity contribution < 1.29 is 4.79 Å². The van der Waals surface area contributed by atoms with Crippen LogP contribution >= 0.6 is 11.3 Å². The van der Waals surface area contributed by atoms with Gasteiger partial charge in [0, 0.05) is 40.9 Å². The number of hydrogen-bond acceptors (Lipinski definition) is 6. The number of hydrogen-bond donors (Lipinski definition) is 2. The van der Waals surface area contributed by atoms with Crippen molar-refractivity contribution in [3.8, 4) is 11.4 Å². The van der Waals surface area contributed by atoms with Crippen LogP contribution in [-0.4, -0.2) is 25.4 Å². The molecular formula is C22H21N5O3S. The standard InChI is InChI=1S/C22H21N5O3S/c1-12-9-18(29)26-20(24-12)15-5-4-6-16(10-15)25-17(28)7-8-27-11-23-21-19(22(27)30)13(2)14(3)31-21/h4-6,9-11H,7-8H2,1-3H3,(H,25,28)(H,24,26,29). The zero-order valence-electron chi connectivity index (χ0n) is 17.4. The highest BCUT2D eigenvalue weighted by molar-refractivity contribution is 7.18. The van der Waals surface area contributed by atoms with Crippen LogP contribution in [0.4, 0.5) is 5.69 Å². The minimum absolute atomic E-state index is 0.124. The molecule has 0 spiro atoms. The molecule has 0 atom stereocenters. The van der Waals surface area contributed by atoms with Crippen LogP contribution in [-0.2, 0) is 11.3 Å². The lowest BCUT2D eigenvalue weighted by molar-refractivity contribution is -0.116. The van der Waals surface area contributed by atoms with Gasteiger partial charge in [0.05, 0.1) is 11.7 Å². The zero-order valence-corrected chi connectivity index (χ0v) is 18.2. The molecular weight excluding hydrogens is 414 g/mol. The third kappa shape index (κ3) is 4.31. The van der Waals surface area contributed by atoms with E-state index in [0.29, 0.717) is 28.2 Å². The van der Waals surface area contributed by atoms with Crippen LogP contribution in [0.2, 0.25) is 0 Å². The van der Waals surface area contributed by atoms with Gasteiger partial charge in [-0.05, 0) is 38.5 Å². The quantitative estimate of drug-likeness (QED) is 0.500. The average molecular weight is 436 g/mol. The summed E-state index contributed by atoms with van der Waals surface area (Å²) in [5.41, 5.74) is 2.46. The molecule has 1 amide bonds. The molecule has 2 N–H and O–H groups in total. The van der Waals surface area contributed by atoms with E-state index in [0.717, 1.165) is 15.3 Å². The predicted molar refractivity (Wildman–Crippen MR) is 122 cm³/mol. The van der Waals surface area contributed by atoms with Gasteiger partial charge in [-0.2, -0.15) is 0 Å². The first-order valence-corrected chi connectivity index (χ1v) is 10.6. The minimum Gasteiger partial charge on any atom is -0.326 e. The Bertz CT molecular complexity index is 1420. The number of carbonyl (C=O) groups is 1. The molecule has 3 aromatic heterocycles. The monoisotopic (exact) mass is 435 g/mol. The summed E-state index contributed by atoms with van der Waals surface area (Å²) >= 11 is 1.50. The number of H-pyrrole nitrogens is 1. The van der Waals surface area contributed by atoms with Crippen LogP contribution < -0.4 is 16.4 Å². The molecule has 4 rings (SSSR count). The number of aryl methyl sites for hydroxylation is 4. The number of thiophene rings is 1. The Hall–Kier alpha value is -3.59. The molecule has 0 saturated heterocycles. The first kappa shape index (κ1) is 20.7. The van der Waals surface area contributed by atoms with E-state index < -0.39 is 0 Å². The number of carbonyl (C=O) groups excluding carboxylic acids is 1. The van der Waals surface area contributed by atoms with Crippen molar-refractivity contribution in [3.63, 3.8) is 0 Å². The Morgan fingerprint density at radius 2 is 2.00 bits per heavy atom. The normalized spacial score (nSPS) is 11.1. The van der Waals surface area contributed by atoms with E-state index in [9.17, 15) is 14.4 Å². The van der Waals surface area contributed by atoms with Crippen LogP contribution in [0.25, 0.3) is 21.6 Å². The maximum absolute atomic E-state index is 12.8. The number of fused-ring (bicyclic) bond motifs is 1. The summed E-state index contributed by atoms with van der Waals surface area (Å²) < 4.78 is 1.47. The van der Waals surface area contributed by atoms with Crippen LogP contribution in [0.15, 0.2) is 46.2 Å². The summed E-state index contributed by atoms with van der Waals surface area (Å²) in [7, 11) is 0. The first-order chi connectivity index (χ1) is 14.8. The molecule has 0 aliphatic rings. The molecule has 0 aliphatic carbocycles. The van der Waals surface area contributed by atoms with E-state index in [1.807, 2.05) is 13.8 Å². The van der Waals surface area contributed by atoms with Gasteiger partial charge in [-0.15, -0.1) is 11.3 Å². The van der Waals surface area contributed by atoms with Gasteiger partial charge in [0.2, 0.25) is 5.91 Å². The molecule has 0 unspecified atom stereocenters. The van der Waals surface area contributed by atoms with Gasteiger partial charge in [-0.25, -0.2) is 9.97 Å². The van der Waals surface area contributed by atoms with Crippen LogP contribution in [0.5, 0.6) is 0 Å². The highest BCUT2D eigenvalue weighted by atomic mass is 32.1. The maximum Gasteiger partial charge on any atom is 0.262 e. The number of nitrogens with zero attached hydrogens (tertiary/aromatic N) is 3. The van der Waals surface area contributed by atoms with E-state index in [1.165, 1.54) is 28.3 Å². The largest absolute Gasteiger partial charge is 0.326 e. The van der Waals surface area contributed by atoms with Gasteiger partial charge in [0.15, 0.2) is 0 Å². The number of nitrogens with one attached hydrogen (secondary N) is 2. The number of rotatable bonds is 5. The lowest BCUT2D eigenvalue weighted by Gasteiger charge is -2.09. The topological polar surface area (TPSA) is 110 Å². The van der Waals surface area contributed by atoms with Crippen LogP contribution in [0.3, 0.4) is 0 Å². The Morgan fingerprint density at radius 1 is 1.19 bits per heavy atom. The number of benzene rings is 1. The lowest BCUT2D eigenvalue weighted by Crippen LogP contribution is -2.23. The third-order valence-corrected chi connectivity index (χ3v) is 6.14. The summed E-state index contributed by atoms with van der Waals surface area (Å²) in [5.74, 6) is 0.210. The fourth-order valence-electron chi connectivity index (χ4n) is 3.33. The molecule has 0 bridgehead atoms. The molecule has 4 aromatic rings. The second-order valence-electron chi connectivity index (χ2n) is 7.32. The molecule has 0 saturated carbocycles. The molecule has 0 aliphatic heterocycles. The maximum atomic E-state index is 12.8. The SMILES string of the molecule is Cc1cc(=O)[nH]c(-c2cccc(NC(=O)CCn3cnc4sc(C)c(C)c4c3=O)c2)n1. The van der Waals surface area contributed by atoms with E-state index in [4.69, 9.17) is 0 Å². The van der Waals surface area contributed by atoms with Gasteiger partial charge in [0.25, 0.3) is 11.1 Å². The van der Waals surface area contributed by atoms with Gasteiger partial charge in [-0.1, -0.05) is 12.1 Å². The van der Waals surface area contributed by atoms with Crippen molar-refractivity contribution in [2.75, 3.05) is 5.32 Å². The molecule has 0 fully saturated rings. The third-order valence-electron chi connectivity index (χ3n) is 5.03. The predicted octanol–water partition coefficient (Wildman–Crippen LogP) is 3.16. The summed E-state index contributed by atoms with van der Waals surface area (Å²) in [5, 5.41) is 3.45. The number of anilines is 1. The lowest BCUT2D eigenvalue weighted by atomic mass is 10.2. The van der Waals surface area contributed by atoms with Crippen molar-refractivity contribution >= 4 is 33.1 Å². The molecule has 31 heavy (non-hydrogen) atoms. The second kappa shape index (κ2) is 8.27. The molecule has 3 heterocycles. The smallest absolute Gasteiger partial charge is 0.262 e. The van der Waals surface area contributed by atoms with Crippen molar-refractivity contribution in [1.82, 2.24) is 19.5 Å².